The van der Waals surface area contributed by atoms with E-state index in [1.54, 1.807) is 0 Å². The lowest BCUT2D eigenvalue weighted by Gasteiger charge is -2.34. The van der Waals surface area contributed by atoms with E-state index in [-0.39, 0.29) is 34.6 Å². The lowest BCUT2D eigenvalue weighted by Crippen LogP contribution is -2.39. The third kappa shape index (κ3) is 14.2. The van der Waals surface area contributed by atoms with Gasteiger partial charge in [-0.3, -0.25) is 9.48 Å². The van der Waals surface area contributed by atoms with E-state index in [4.69, 9.17) is 10.2 Å². The number of hydrogen-bond donors (Lipinski definition) is 4. The summed E-state index contributed by atoms with van der Waals surface area (Å²) in [5, 5.41) is 30.5. The monoisotopic (exact) mass is 743 g/mol. The molecule has 3 heterocycles. The predicted octanol–water partition coefficient (Wildman–Crippen LogP) is 7.41. The highest BCUT2D eigenvalue weighted by molar-refractivity contribution is 7.82. The van der Waals surface area contributed by atoms with Crippen LogP contribution in [-0.2, 0) is 28.5 Å². The molecule has 0 spiro atoms. The second kappa shape index (κ2) is 20.5. The highest BCUT2D eigenvalue weighted by Gasteiger charge is 2.36. The largest absolute Gasteiger partial charge is 0.481 e. The molecule has 5 rings (SSSR count). The van der Waals surface area contributed by atoms with Crippen LogP contribution in [0.4, 0.5) is 29.2 Å². The molecule has 1 aliphatic carbocycles. The van der Waals surface area contributed by atoms with Gasteiger partial charge in [-0.15, -0.1) is 0 Å². The minimum Gasteiger partial charge on any atom is -0.481 e. The first-order valence-corrected chi connectivity index (χ1v) is 18.7. The highest BCUT2D eigenvalue weighted by Crippen LogP contribution is 2.36. The van der Waals surface area contributed by atoms with Crippen LogP contribution in [0, 0.1) is 17.7 Å². The SMILES string of the molecule is CC.CC.CC(C)(O)Cn1cc(-c2nc(Nc3ccc(S(N)=O)cc3F)ncc2C(F)(F)F)cn1.O=C(O)C1CCN(CC2CCCCC2)CC1. The van der Waals surface area contributed by atoms with E-state index in [0.717, 1.165) is 37.9 Å². The molecule has 16 heteroatoms. The number of aliphatic hydroxyl groups is 1. The van der Waals surface area contributed by atoms with Gasteiger partial charge >= 0.3 is 12.1 Å². The number of alkyl halides is 3. The van der Waals surface area contributed by atoms with Gasteiger partial charge in [0.1, 0.15) is 22.4 Å². The van der Waals surface area contributed by atoms with Gasteiger partial charge in [0.2, 0.25) is 5.95 Å². The molecule has 1 aromatic carbocycles. The van der Waals surface area contributed by atoms with Gasteiger partial charge in [-0.2, -0.15) is 18.3 Å². The molecule has 1 atom stereocenters. The topological polar surface area (TPSA) is 159 Å². The van der Waals surface area contributed by atoms with E-state index in [0.29, 0.717) is 6.20 Å². The number of aliphatic carboxylic acids is 1. The molecule has 2 fully saturated rings. The zero-order valence-electron chi connectivity index (χ0n) is 30.3. The van der Waals surface area contributed by atoms with Crippen molar-refractivity contribution in [3.05, 3.63) is 48.2 Å². The van der Waals surface area contributed by atoms with Crippen molar-refractivity contribution in [3.63, 3.8) is 0 Å². The normalized spacial score (nSPS) is 16.4. The number of aromatic nitrogens is 4. The van der Waals surface area contributed by atoms with Crippen LogP contribution in [0.2, 0.25) is 0 Å². The molecule has 2 aliphatic rings. The maximum atomic E-state index is 14.2. The Bertz CT molecular complexity index is 1540. The zero-order valence-corrected chi connectivity index (χ0v) is 31.2. The summed E-state index contributed by atoms with van der Waals surface area (Å²) < 4.78 is 67.2. The molecule has 0 bridgehead atoms. The Kier molecular flexibility index (Phi) is 17.6. The molecule has 1 saturated heterocycles. The first-order chi connectivity index (χ1) is 24.1. The van der Waals surface area contributed by atoms with Gasteiger partial charge < -0.3 is 20.4 Å². The summed E-state index contributed by atoms with van der Waals surface area (Å²) in [6.07, 6.45) is 7.01. The van der Waals surface area contributed by atoms with Crippen LogP contribution in [0.5, 0.6) is 0 Å². The minimum atomic E-state index is -4.75. The van der Waals surface area contributed by atoms with Gasteiger partial charge in [0.25, 0.3) is 0 Å². The van der Waals surface area contributed by atoms with Crippen LogP contribution in [0.3, 0.4) is 0 Å². The molecular weight excluding hydrogens is 690 g/mol. The summed E-state index contributed by atoms with van der Waals surface area (Å²) >= 11 is 0. The fraction of sp³-hybridized carbons (Fsp3) is 0.600. The van der Waals surface area contributed by atoms with Gasteiger partial charge in [-0.1, -0.05) is 47.0 Å². The second-order valence-electron chi connectivity index (χ2n) is 12.7. The maximum absolute atomic E-state index is 14.2. The number of halogens is 4. The summed E-state index contributed by atoms with van der Waals surface area (Å²) in [6, 6.07) is 3.45. The molecule has 1 unspecified atom stereocenters. The van der Waals surface area contributed by atoms with E-state index in [1.165, 1.54) is 81.7 Å². The van der Waals surface area contributed by atoms with E-state index < -0.39 is 45.8 Å². The van der Waals surface area contributed by atoms with Crippen LogP contribution in [-0.4, -0.2) is 70.3 Å². The van der Waals surface area contributed by atoms with Gasteiger partial charge in [-0.05, 0) is 76.7 Å². The molecule has 51 heavy (non-hydrogen) atoms. The molecule has 11 nitrogen and oxygen atoms in total. The Morgan fingerprint density at radius 1 is 1.04 bits per heavy atom. The predicted molar refractivity (Wildman–Crippen MR) is 191 cm³/mol. The van der Waals surface area contributed by atoms with Crippen LogP contribution in [0.25, 0.3) is 11.3 Å². The molecule has 5 N–H and O–H groups in total. The van der Waals surface area contributed by atoms with Crippen molar-refractivity contribution in [2.24, 2.45) is 17.0 Å². The number of carboxylic acids is 1. The van der Waals surface area contributed by atoms with Gasteiger partial charge in [0.15, 0.2) is 0 Å². The number of benzene rings is 1. The Hall–Kier alpha value is -3.47. The van der Waals surface area contributed by atoms with E-state index in [2.05, 4.69) is 25.3 Å². The summed E-state index contributed by atoms with van der Waals surface area (Å²) in [7, 11) is -1.89. The summed E-state index contributed by atoms with van der Waals surface area (Å²) in [5.74, 6) is -0.923. The van der Waals surface area contributed by atoms with E-state index >= 15 is 0 Å². The third-order valence-corrected chi connectivity index (χ3v) is 8.87. The smallest absolute Gasteiger partial charge is 0.419 e. The number of piperidine rings is 1. The van der Waals surface area contributed by atoms with Crippen LogP contribution >= 0.6 is 0 Å². The fourth-order valence-electron chi connectivity index (χ4n) is 5.78. The van der Waals surface area contributed by atoms with Gasteiger partial charge in [-0.25, -0.2) is 23.7 Å². The minimum absolute atomic E-state index is 0.0382. The molecular formula is C35H53F4N7O4S. The average Bonchev–Trinajstić information content (AvgIpc) is 3.55. The number of rotatable bonds is 9. The maximum Gasteiger partial charge on any atom is 0.419 e. The summed E-state index contributed by atoms with van der Waals surface area (Å²) in [6.45, 7) is 14.3. The second-order valence-corrected chi connectivity index (χ2v) is 13.7. The third-order valence-electron chi connectivity index (χ3n) is 8.15. The first-order valence-electron chi connectivity index (χ1n) is 17.5. The van der Waals surface area contributed by atoms with E-state index in [1.807, 2.05) is 27.7 Å². The lowest BCUT2D eigenvalue weighted by molar-refractivity contribution is -0.143. The Morgan fingerprint density at radius 2 is 1.67 bits per heavy atom. The van der Waals surface area contributed by atoms with Crippen molar-refractivity contribution in [2.75, 3.05) is 25.0 Å². The van der Waals surface area contributed by atoms with Crippen molar-refractivity contribution in [1.82, 2.24) is 24.6 Å². The molecule has 0 radical (unpaired) electrons. The van der Waals surface area contributed by atoms with Crippen molar-refractivity contribution in [2.45, 2.75) is 110 Å². The standard InChI is InChI=1S/C18H18F4N6O2S.C13H23NO2.2C2H6/c1-17(2,29)9-28-8-10(6-25-28)15-12(18(20,21)22)7-24-16(27-15)26-14-4-3-11(31(23)30)5-13(14)19;15-13(16)12-6-8-14(9-7-12)10-11-4-2-1-3-5-11;2*1-2/h3-8,29H,9,23H2,1-2H3,(H,24,26,27);11-12H,1-10H2,(H,15,16);2*1-2H3. The van der Waals surface area contributed by atoms with E-state index in [9.17, 15) is 31.7 Å². The molecule has 3 aromatic rings. The van der Waals surface area contributed by atoms with Crippen LogP contribution in [0.15, 0.2) is 41.7 Å². The van der Waals surface area contributed by atoms with Crippen LogP contribution < -0.4 is 10.5 Å². The number of anilines is 2. The van der Waals surface area contributed by atoms with Crippen molar-refractivity contribution >= 4 is 28.6 Å². The number of carbonyl (C=O) groups is 1. The number of nitrogens with zero attached hydrogens (tertiary/aromatic N) is 5. The molecule has 0 amide bonds. The number of hydrogen-bond acceptors (Lipinski definition) is 8. The van der Waals surface area contributed by atoms with Crippen molar-refractivity contribution < 1.29 is 36.8 Å². The van der Waals surface area contributed by atoms with Crippen molar-refractivity contribution in [1.29, 1.82) is 0 Å². The summed E-state index contributed by atoms with van der Waals surface area (Å²) in [5.41, 5.74) is -2.80. The fourth-order valence-corrected chi connectivity index (χ4v) is 6.20. The molecule has 1 aliphatic heterocycles. The quantitative estimate of drug-likeness (QED) is 0.164. The van der Waals surface area contributed by atoms with Crippen LogP contribution in [0.1, 0.15) is 92.1 Å². The van der Waals surface area contributed by atoms with Gasteiger partial charge in [0.05, 0.1) is 40.5 Å². The summed E-state index contributed by atoms with van der Waals surface area (Å²) in [4.78, 5) is 20.9. The Balaban J connectivity index is 0.000000377. The Labute approximate surface area is 300 Å². The molecule has 286 valence electrons. The average molecular weight is 744 g/mol. The van der Waals surface area contributed by atoms with Crippen molar-refractivity contribution in [3.8, 4) is 11.3 Å². The zero-order chi connectivity index (χ0) is 38.4. The number of carboxylic acid groups (broad SMARTS) is 1. The number of likely N-dealkylation sites (tertiary alicyclic amines) is 1. The van der Waals surface area contributed by atoms with Gasteiger partial charge in [0, 0.05) is 24.5 Å². The molecule has 1 saturated carbocycles. The highest BCUT2D eigenvalue weighted by atomic mass is 32.2. The number of nitrogens with two attached hydrogens (primary N) is 1. The lowest BCUT2D eigenvalue weighted by atomic mass is 9.88. The first kappa shape index (κ1) is 43.7. The number of nitrogens with one attached hydrogen (secondary N) is 1. The molecule has 2 aromatic heterocycles. The Morgan fingerprint density at radius 3 is 2.20 bits per heavy atom.